The van der Waals surface area contributed by atoms with Crippen molar-refractivity contribution in [2.75, 3.05) is 31.1 Å². The van der Waals surface area contributed by atoms with Gasteiger partial charge < -0.3 is 24.5 Å². The lowest BCUT2D eigenvalue weighted by molar-refractivity contribution is -0.152. The number of carbonyl (C=O) groups is 3. The molecule has 3 aliphatic rings. The third-order valence-corrected chi connectivity index (χ3v) is 9.52. The van der Waals surface area contributed by atoms with E-state index in [4.69, 9.17) is 16.3 Å². The Labute approximate surface area is 248 Å². The minimum atomic E-state index is -1.22. The maximum atomic E-state index is 14.8. The number of aliphatic hydroxyl groups excluding tert-OH is 1. The number of likely N-dealkylation sites (tertiary alicyclic amines) is 1. The first-order valence-corrected chi connectivity index (χ1v) is 15.0. The number of halogens is 1. The maximum absolute atomic E-state index is 14.8. The molecule has 3 aliphatic heterocycles. The van der Waals surface area contributed by atoms with Gasteiger partial charge >= 0.3 is 0 Å². The smallest absolute Gasteiger partial charge is 0.253 e. The fraction of sp³-hybridized carbons (Fsp3) is 0.594. The molecule has 3 saturated heterocycles. The molecule has 3 heterocycles. The van der Waals surface area contributed by atoms with Crippen molar-refractivity contribution >= 4 is 35.0 Å². The first-order valence-electron chi connectivity index (χ1n) is 14.6. The largest absolute Gasteiger partial charge is 0.394 e. The normalized spacial score (nSPS) is 29.0. The van der Waals surface area contributed by atoms with Crippen molar-refractivity contribution in [3.63, 3.8) is 0 Å². The van der Waals surface area contributed by atoms with E-state index in [0.29, 0.717) is 36.6 Å². The van der Waals surface area contributed by atoms with Gasteiger partial charge in [-0.05, 0) is 50.7 Å². The third kappa shape index (κ3) is 4.92. The van der Waals surface area contributed by atoms with Gasteiger partial charge in [0.15, 0.2) is 0 Å². The zero-order valence-corrected chi connectivity index (χ0v) is 25.7. The number of anilines is 1. The highest BCUT2D eigenvalue weighted by atomic mass is 35.5. The molecular formula is C32H44ClN3O5. The van der Waals surface area contributed by atoms with E-state index < -0.39 is 35.1 Å². The summed E-state index contributed by atoms with van der Waals surface area (Å²) in [5, 5.41) is 10.9. The Bertz CT molecular complexity index is 1200. The molecule has 1 N–H and O–H groups in total. The van der Waals surface area contributed by atoms with Gasteiger partial charge in [-0.3, -0.25) is 14.4 Å². The van der Waals surface area contributed by atoms with Gasteiger partial charge in [0.25, 0.3) is 5.91 Å². The number of aliphatic hydroxyl groups is 1. The summed E-state index contributed by atoms with van der Waals surface area (Å²) in [4.78, 5) is 48.4. The molecule has 9 heteroatoms. The molecule has 6 atom stereocenters. The van der Waals surface area contributed by atoms with E-state index in [1.807, 2.05) is 46.8 Å². The molecule has 2 bridgehead atoms. The Balaban J connectivity index is 1.89. The van der Waals surface area contributed by atoms with Gasteiger partial charge in [-0.1, -0.05) is 56.7 Å². The molecule has 41 heavy (non-hydrogen) atoms. The Kier molecular flexibility index (Phi) is 9.07. The van der Waals surface area contributed by atoms with E-state index in [1.54, 1.807) is 28.0 Å². The summed E-state index contributed by atoms with van der Waals surface area (Å²) in [6.07, 6.45) is 5.06. The molecule has 8 nitrogen and oxygen atoms in total. The van der Waals surface area contributed by atoms with E-state index in [2.05, 4.69) is 13.2 Å². The third-order valence-electron chi connectivity index (χ3n) is 9.22. The molecule has 224 valence electrons. The predicted molar refractivity (Wildman–Crippen MR) is 161 cm³/mol. The summed E-state index contributed by atoms with van der Waals surface area (Å²) < 4.78 is 6.82. The van der Waals surface area contributed by atoms with Crippen LogP contribution < -0.4 is 4.90 Å². The van der Waals surface area contributed by atoms with Crippen LogP contribution in [0.25, 0.3) is 0 Å². The van der Waals surface area contributed by atoms with Crippen LogP contribution in [0.1, 0.15) is 52.5 Å². The molecule has 0 aromatic heterocycles. The number of ether oxygens (including phenoxy) is 1. The molecule has 3 amide bonds. The van der Waals surface area contributed by atoms with Gasteiger partial charge in [-0.15, -0.1) is 13.2 Å². The molecule has 0 aliphatic carbocycles. The first kappa shape index (κ1) is 31.3. The SMILES string of the molecule is C=CCN(CCC)C(=O)[C@@H]1[C@H]2C(=O)N([C@@H](CO)C(C)C)C(C(=O)N(CC=C)c3c(C)cccc3Cl)C23CC[C@@]1(C)O3. The Morgan fingerprint density at radius 1 is 1.22 bits per heavy atom. The van der Waals surface area contributed by atoms with E-state index in [1.165, 1.54) is 4.90 Å². The molecule has 1 spiro atoms. The zero-order chi connectivity index (χ0) is 30.3. The second-order valence-corrected chi connectivity index (χ2v) is 12.6. The summed E-state index contributed by atoms with van der Waals surface area (Å²) in [6, 6.07) is 3.74. The molecular weight excluding hydrogens is 542 g/mol. The number of hydrogen-bond donors (Lipinski definition) is 1. The summed E-state index contributed by atoms with van der Waals surface area (Å²) >= 11 is 6.65. The van der Waals surface area contributed by atoms with Crippen LogP contribution >= 0.6 is 11.6 Å². The molecule has 0 radical (unpaired) electrons. The number of rotatable bonds is 12. The highest BCUT2D eigenvalue weighted by Gasteiger charge is 2.79. The van der Waals surface area contributed by atoms with Crippen molar-refractivity contribution in [1.82, 2.24) is 9.80 Å². The molecule has 1 aromatic carbocycles. The van der Waals surface area contributed by atoms with Crippen LogP contribution in [0.5, 0.6) is 0 Å². The van der Waals surface area contributed by atoms with Crippen molar-refractivity contribution < 1.29 is 24.2 Å². The number of benzene rings is 1. The van der Waals surface area contributed by atoms with E-state index in [9.17, 15) is 19.5 Å². The van der Waals surface area contributed by atoms with Crippen LogP contribution in [-0.2, 0) is 19.1 Å². The lowest BCUT2D eigenvalue weighted by Crippen LogP contribution is -2.60. The zero-order valence-electron chi connectivity index (χ0n) is 24.9. The van der Waals surface area contributed by atoms with Crippen LogP contribution in [0.2, 0.25) is 5.02 Å². The minimum Gasteiger partial charge on any atom is -0.394 e. The Morgan fingerprint density at radius 3 is 2.46 bits per heavy atom. The van der Waals surface area contributed by atoms with Crippen LogP contribution in [0.15, 0.2) is 43.5 Å². The fourth-order valence-corrected chi connectivity index (χ4v) is 7.77. The maximum Gasteiger partial charge on any atom is 0.253 e. The topological polar surface area (TPSA) is 90.4 Å². The van der Waals surface area contributed by atoms with Crippen molar-refractivity contribution in [1.29, 1.82) is 0 Å². The van der Waals surface area contributed by atoms with Gasteiger partial charge in [0.2, 0.25) is 11.8 Å². The average Bonchev–Trinajstić information content (AvgIpc) is 3.48. The minimum absolute atomic E-state index is 0.149. The molecule has 2 unspecified atom stereocenters. The summed E-state index contributed by atoms with van der Waals surface area (Å²) in [6.45, 7) is 18.0. The predicted octanol–water partition coefficient (Wildman–Crippen LogP) is 4.37. The first-order chi connectivity index (χ1) is 19.4. The van der Waals surface area contributed by atoms with Gasteiger partial charge in [-0.2, -0.15) is 0 Å². The highest BCUT2D eigenvalue weighted by Crippen LogP contribution is 2.64. The molecule has 3 fully saturated rings. The van der Waals surface area contributed by atoms with Crippen molar-refractivity contribution in [2.24, 2.45) is 17.8 Å². The van der Waals surface area contributed by atoms with Gasteiger partial charge in [0.1, 0.15) is 11.6 Å². The van der Waals surface area contributed by atoms with Gasteiger partial charge in [0, 0.05) is 19.6 Å². The van der Waals surface area contributed by atoms with Crippen LogP contribution in [0, 0.1) is 24.7 Å². The Hall–Kier alpha value is -2.68. The van der Waals surface area contributed by atoms with Crippen molar-refractivity contribution in [2.45, 2.75) is 77.2 Å². The monoisotopic (exact) mass is 585 g/mol. The van der Waals surface area contributed by atoms with Crippen LogP contribution in [0.4, 0.5) is 5.69 Å². The second-order valence-electron chi connectivity index (χ2n) is 12.2. The number of nitrogens with zero attached hydrogens (tertiary/aromatic N) is 3. The lowest BCUT2D eigenvalue weighted by atomic mass is 9.66. The molecule has 4 rings (SSSR count). The fourth-order valence-electron chi connectivity index (χ4n) is 7.44. The number of amides is 3. The summed E-state index contributed by atoms with van der Waals surface area (Å²) in [5.41, 5.74) is -0.767. The summed E-state index contributed by atoms with van der Waals surface area (Å²) in [7, 11) is 0. The second kappa shape index (κ2) is 11.9. The quantitative estimate of drug-likeness (QED) is 0.368. The number of hydrogen-bond acceptors (Lipinski definition) is 5. The van der Waals surface area contributed by atoms with E-state index in [0.717, 1.165) is 12.0 Å². The van der Waals surface area contributed by atoms with Crippen molar-refractivity contribution in [3.05, 3.63) is 54.1 Å². The van der Waals surface area contributed by atoms with Gasteiger partial charge in [-0.25, -0.2) is 0 Å². The molecule has 0 saturated carbocycles. The number of aryl methyl sites for hydroxylation is 1. The average molecular weight is 586 g/mol. The van der Waals surface area contributed by atoms with Crippen molar-refractivity contribution in [3.8, 4) is 0 Å². The highest BCUT2D eigenvalue weighted by molar-refractivity contribution is 6.34. The van der Waals surface area contributed by atoms with Crippen LogP contribution in [0.3, 0.4) is 0 Å². The van der Waals surface area contributed by atoms with Crippen LogP contribution in [-0.4, -0.2) is 82.2 Å². The Morgan fingerprint density at radius 2 is 1.90 bits per heavy atom. The lowest BCUT2D eigenvalue weighted by Gasteiger charge is -2.41. The summed E-state index contributed by atoms with van der Waals surface area (Å²) in [5.74, 6) is -2.58. The van der Waals surface area contributed by atoms with E-state index in [-0.39, 0.29) is 36.8 Å². The van der Waals surface area contributed by atoms with Gasteiger partial charge in [0.05, 0.1) is 40.8 Å². The van der Waals surface area contributed by atoms with E-state index >= 15 is 0 Å². The molecule has 1 aromatic rings. The number of para-hydroxylation sites is 1. The standard InChI is InChI=1S/C32H44ClN3O5/c1-8-16-34(17-9-2)28(38)24-25-29(39)36(23(19-37)20(4)5)27(32(25)15-14-31(24,7)41-32)30(40)35(18-10-3)26-21(6)12-11-13-22(26)33/h8,10-13,20,23-25,27,37H,1,3,9,14-19H2,2,4-7H3/t23-,24-,25-,27?,31+,32?/m0/s1. The number of fused-ring (bicyclic) bond motifs is 1. The number of carbonyl (C=O) groups excluding carboxylic acids is 3.